The van der Waals surface area contributed by atoms with Gasteiger partial charge in [-0.25, -0.2) is 4.68 Å². The molecule has 1 fully saturated rings. The first-order chi connectivity index (χ1) is 8.68. The molecular formula is C13H20BrN3O. The van der Waals surface area contributed by atoms with Crippen molar-refractivity contribution in [2.24, 2.45) is 13.0 Å². The van der Waals surface area contributed by atoms with Gasteiger partial charge in [-0.15, -0.1) is 0 Å². The van der Waals surface area contributed by atoms with E-state index in [4.69, 9.17) is 0 Å². The summed E-state index contributed by atoms with van der Waals surface area (Å²) in [5, 5.41) is 7.29. The first-order valence-electron chi connectivity index (χ1n) is 6.64. The Hall–Kier alpha value is -0.840. The smallest absolute Gasteiger partial charge is 0.282 e. The Balaban J connectivity index is 1.79. The van der Waals surface area contributed by atoms with E-state index in [1.807, 2.05) is 0 Å². The topological polar surface area (TPSA) is 46.9 Å². The van der Waals surface area contributed by atoms with Gasteiger partial charge in [-0.1, -0.05) is 25.7 Å². The van der Waals surface area contributed by atoms with E-state index in [2.05, 4.69) is 26.3 Å². The highest BCUT2D eigenvalue weighted by atomic mass is 79.9. The van der Waals surface area contributed by atoms with Gasteiger partial charge in [0.05, 0.1) is 11.9 Å². The van der Waals surface area contributed by atoms with Crippen LogP contribution >= 0.6 is 15.9 Å². The van der Waals surface area contributed by atoms with Crippen LogP contribution in [0, 0.1) is 5.92 Å². The van der Waals surface area contributed by atoms with E-state index in [0.717, 1.165) is 24.6 Å². The Morgan fingerprint density at radius 2 is 2.22 bits per heavy atom. The molecular weight excluding hydrogens is 294 g/mol. The molecule has 18 heavy (non-hydrogen) atoms. The SMILES string of the molecule is Cn1ncc(NCCCC2CCCC2)c(Br)c1=O. The lowest BCUT2D eigenvalue weighted by atomic mass is 10.0. The maximum Gasteiger partial charge on any atom is 0.282 e. The predicted octanol–water partition coefficient (Wildman–Crippen LogP) is 2.93. The summed E-state index contributed by atoms with van der Waals surface area (Å²) in [6, 6.07) is 0. The molecule has 0 unspecified atom stereocenters. The molecule has 0 bridgehead atoms. The molecule has 0 spiro atoms. The van der Waals surface area contributed by atoms with Crippen molar-refractivity contribution in [1.82, 2.24) is 9.78 Å². The fourth-order valence-corrected chi connectivity index (χ4v) is 3.05. The van der Waals surface area contributed by atoms with Crippen LogP contribution in [0.2, 0.25) is 0 Å². The minimum Gasteiger partial charge on any atom is -0.383 e. The molecule has 1 N–H and O–H groups in total. The molecule has 0 saturated heterocycles. The van der Waals surface area contributed by atoms with Gasteiger partial charge >= 0.3 is 0 Å². The molecule has 1 aromatic rings. The van der Waals surface area contributed by atoms with Gasteiger partial charge in [0.25, 0.3) is 5.56 Å². The second-order valence-electron chi connectivity index (χ2n) is 5.02. The number of anilines is 1. The van der Waals surface area contributed by atoms with Crippen LogP contribution in [0.5, 0.6) is 0 Å². The Kier molecular flexibility index (Phi) is 4.80. The van der Waals surface area contributed by atoms with E-state index in [-0.39, 0.29) is 5.56 Å². The highest BCUT2D eigenvalue weighted by Gasteiger charge is 2.14. The first kappa shape index (κ1) is 13.6. The molecule has 1 heterocycles. The van der Waals surface area contributed by atoms with Crippen molar-refractivity contribution in [1.29, 1.82) is 0 Å². The van der Waals surface area contributed by atoms with Crippen LogP contribution < -0.4 is 10.9 Å². The van der Waals surface area contributed by atoms with E-state index in [1.54, 1.807) is 13.2 Å². The standard InChI is InChI=1S/C13H20BrN3O/c1-17-13(18)12(14)11(9-16-17)15-8-4-7-10-5-2-3-6-10/h9-10,15H,2-8H2,1H3. The van der Waals surface area contributed by atoms with Gasteiger partial charge in [-0.2, -0.15) is 5.10 Å². The molecule has 0 atom stereocenters. The zero-order valence-electron chi connectivity index (χ0n) is 10.8. The van der Waals surface area contributed by atoms with Gasteiger partial charge in [0, 0.05) is 13.6 Å². The summed E-state index contributed by atoms with van der Waals surface area (Å²) in [5.74, 6) is 0.928. The minimum atomic E-state index is -0.101. The maximum absolute atomic E-state index is 11.6. The predicted molar refractivity (Wildman–Crippen MR) is 76.9 cm³/mol. The van der Waals surface area contributed by atoms with Crippen molar-refractivity contribution in [2.45, 2.75) is 38.5 Å². The van der Waals surface area contributed by atoms with Crippen LogP contribution in [-0.2, 0) is 7.05 Å². The van der Waals surface area contributed by atoms with E-state index < -0.39 is 0 Å². The third kappa shape index (κ3) is 3.34. The van der Waals surface area contributed by atoms with Crippen molar-refractivity contribution in [3.63, 3.8) is 0 Å². The Labute approximate surface area is 116 Å². The van der Waals surface area contributed by atoms with Gasteiger partial charge in [-0.05, 0) is 34.7 Å². The van der Waals surface area contributed by atoms with E-state index >= 15 is 0 Å². The number of nitrogens with zero attached hydrogens (tertiary/aromatic N) is 2. The quantitative estimate of drug-likeness (QED) is 0.850. The third-order valence-electron chi connectivity index (χ3n) is 3.66. The Morgan fingerprint density at radius 1 is 1.50 bits per heavy atom. The molecule has 4 nitrogen and oxygen atoms in total. The highest BCUT2D eigenvalue weighted by Crippen LogP contribution is 2.28. The average Bonchev–Trinajstić information content (AvgIpc) is 2.87. The third-order valence-corrected chi connectivity index (χ3v) is 4.42. The number of hydrogen-bond donors (Lipinski definition) is 1. The van der Waals surface area contributed by atoms with Gasteiger partial charge in [0.1, 0.15) is 4.47 Å². The van der Waals surface area contributed by atoms with Gasteiger partial charge in [-0.3, -0.25) is 4.79 Å². The summed E-state index contributed by atoms with van der Waals surface area (Å²) in [6.07, 6.45) is 9.76. The van der Waals surface area contributed by atoms with E-state index in [0.29, 0.717) is 4.47 Å². The molecule has 1 aliphatic rings. The molecule has 0 amide bonds. The normalized spacial score (nSPS) is 16.1. The zero-order valence-corrected chi connectivity index (χ0v) is 12.4. The molecule has 2 rings (SSSR count). The van der Waals surface area contributed by atoms with Crippen LogP contribution in [0.25, 0.3) is 0 Å². The monoisotopic (exact) mass is 313 g/mol. The summed E-state index contributed by atoms with van der Waals surface area (Å²) in [7, 11) is 1.65. The second-order valence-corrected chi connectivity index (χ2v) is 5.81. The first-order valence-corrected chi connectivity index (χ1v) is 7.43. The second kappa shape index (κ2) is 6.36. The molecule has 0 aliphatic heterocycles. The van der Waals surface area contributed by atoms with Crippen molar-refractivity contribution < 1.29 is 0 Å². The summed E-state index contributed by atoms with van der Waals surface area (Å²) in [6.45, 7) is 0.907. The summed E-state index contributed by atoms with van der Waals surface area (Å²) in [5.41, 5.74) is 0.695. The van der Waals surface area contributed by atoms with Crippen LogP contribution in [0.3, 0.4) is 0 Å². The zero-order chi connectivity index (χ0) is 13.0. The van der Waals surface area contributed by atoms with E-state index in [1.165, 1.54) is 36.8 Å². The summed E-state index contributed by atoms with van der Waals surface area (Å²) < 4.78 is 1.90. The molecule has 0 radical (unpaired) electrons. The fraction of sp³-hybridized carbons (Fsp3) is 0.692. The lowest BCUT2D eigenvalue weighted by Gasteiger charge is -2.11. The minimum absolute atomic E-state index is 0.101. The Bertz CT molecular complexity index is 452. The molecule has 1 saturated carbocycles. The van der Waals surface area contributed by atoms with Gasteiger partial charge < -0.3 is 5.32 Å². The molecule has 100 valence electrons. The number of nitrogens with one attached hydrogen (secondary N) is 1. The Morgan fingerprint density at radius 3 is 2.94 bits per heavy atom. The largest absolute Gasteiger partial charge is 0.383 e. The fourth-order valence-electron chi connectivity index (χ4n) is 2.55. The number of rotatable bonds is 5. The number of halogens is 1. The van der Waals surface area contributed by atoms with Crippen LogP contribution in [0.1, 0.15) is 38.5 Å². The number of hydrogen-bond acceptors (Lipinski definition) is 3. The van der Waals surface area contributed by atoms with E-state index in [9.17, 15) is 4.79 Å². The number of aromatic nitrogens is 2. The average molecular weight is 314 g/mol. The van der Waals surface area contributed by atoms with Crippen molar-refractivity contribution in [3.8, 4) is 0 Å². The van der Waals surface area contributed by atoms with Crippen LogP contribution in [0.4, 0.5) is 5.69 Å². The van der Waals surface area contributed by atoms with Crippen LogP contribution in [0.15, 0.2) is 15.5 Å². The van der Waals surface area contributed by atoms with Gasteiger partial charge in [0.15, 0.2) is 0 Å². The summed E-state index contributed by atoms with van der Waals surface area (Å²) >= 11 is 3.31. The lowest BCUT2D eigenvalue weighted by Crippen LogP contribution is -2.21. The molecule has 1 aliphatic carbocycles. The lowest BCUT2D eigenvalue weighted by molar-refractivity contribution is 0.491. The van der Waals surface area contributed by atoms with Gasteiger partial charge in [0.2, 0.25) is 0 Å². The molecule has 1 aromatic heterocycles. The van der Waals surface area contributed by atoms with Crippen molar-refractivity contribution in [3.05, 3.63) is 21.0 Å². The summed E-state index contributed by atoms with van der Waals surface area (Å²) in [4.78, 5) is 11.6. The number of aryl methyl sites for hydroxylation is 1. The van der Waals surface area contributed by atoms with Crippen LogP contribution in [-0.4, -0.2) is 16.3 Å². The molecule has 5 heteroatoms. The van der Waals surface area contributed by atoms with Crippen molar-refractivity contribution in [2.75, 3.05) is 11.9 Å². The highest BCUT2D eigenvalue weighted by molar-refractivity contribution is 9.10. The van der Waals surface area contributed by atoms with Crippen molar-refractivity contribution >= 4 is 21.6 Å². The molecule has 0 aromatic carbocycles. The maximum atomic E-state index is 11.6.